The lowest BCUT2D eigenvalue weighted by atomic mass is 10.0. The summed E-state index contributed by atoms with van der Waals surface area (Å²) >= 11 is 6.06. The molecule has 0 aliphatic carbocycles. The van der Waals surface area contributed by atoms with Crippen molar-refractivity contribution in [3.63, 3.8) is 0 Å². The van der Waals surface area contributed by atoms with Crippen LogP contribution in [0.1, 0.15) is 28.8 Å². The molecule has 1 aliphatic heterocycles. The Balaban J connectivity index is 1.24. The fourth-order valence-electron chi connectivity index (χ4n) is 3.85. The Kier molecular flexibility index (Phi) is 7.19. The molecular formula is C24H26ClN5O2. The highest BCUT2D eigenvalue weighted by Crippen LogP contribution is 2.15. The monoisotopic (exact) mass is 451 g/mol. The van der Waals surface area contributed by atoms with Crippen LogP contribution in [0.3, 0.4) is 0 Å². The fraction of sp³-hybridized carbons (Fsp3) is 0.292. The van der Waals surface area contributed by atoms with Crippen molar-refractivity contribution in [2.75, 3.05) is 25.0 Å². The van der Waals surface area contributed by atoms with Crippen molar-refractivity contribution >= 4 is 29.2 Å². The Morgan fingerprint density at radius 1 is 1.03 bits per heavy atom. The van der Waals surface area contributed by atoms with Crippen LogP contribution in [0.2, 0.25) is 5.02 Å². The average molecular weight is 452 g/mol. The van der Waals surface area contributed by atoms with Crippen LogP contribution in [-0.4, -0.2) is 52.2 Å². The van der Waals surface area contributed by atoms with E-state index >= 15 is 0 Å². The minimum atomic E-state index is -0.0791. The van der Waals surface area contributed by atoms with Crippen LogP contribution in [-0.2, 0) is 11.3 Å². The molecule has 2 aromatic carbocycles. The molecule has 0 bridgehead atoms. The fourth-order valence-corrected chi connectivity index (χ4v) is 4.07. The molecule has 7 nitrogen and oxygen atoms in total. The van der Waals surface area contributed by atoms with Crippen molar-refractivity contribution in [2.45, 2.75) is 25.4 Å². The Bertz CT molecular complexity index is 1060. The van der Waals surface area contributed by atoms with Gasteiger partial charge in [-0.15, -0.1) is 0 Å². The molecule has 0 unspecified atom stereocenters. The average Bonchev–Trinajstić information content (AvgIpc) is 3.22. The molecule has 1 aromatic heterocycles. The number of halogens is 1. The number of nitrogens with one attached hydrogen (secondary N) is 2. The molecule has 1 aliphatic rings. The normalized spacial score (nSPS) is 14.8. The van der Waals surface area contributed by atoms with Gasteiger partial charge in [0.1, 0.15) is 5.82 Å². The van der Waals surface area contributed by atoms with Crippen LogP contribution in [0.5, 0.6) is 0 Å². The first-order chi connectivity index (χ1) is 15.6. The Morgan fingerprint density at radius 2 is 1.81 bits per heavy atom. The summed E-state index contributed by atoms with van der Waals surface area (Å²) in [5, 5.41) is 11.0. The molecule has 0 saturated carbocycles. The number of hydrogen-bond acceptors (Lipinski definition) is 4. The molecule has 0 spiro atoms. The lowest BCUT2D eigenvalue weighted by molar-refractivity contribution is -0.117. The van der Waals surface area contributed by atoms with E-state index in [1.165, 1.54) is 0 Å². The number of anilines is 1. The van der Waals surface area contributed by atoms with Crippen molar-refractivity contribution in [3.05, 3.63) is 83.0 Å². The van der Waals surface area contributed by atoms with Gasteiger partial charge in [0.2, 0.25) is 5.91 Å². The van der Waals surface area contributed by atoms with Crippen LogP contribution < -0.4 is 10.6 Å². The molecule has 1 fully saturated rings. The van der Waals surface area contributed by atoms with Gasteiger partial charge in [-0.1, -0.05) is 41.9 Å². The summed E-state index contributed by atoms with van der Waals surface area (Å²) in [4.78, 5) is 27.0. The SMILES string of the molecule is O=C(CN1CCC(NC(=O)c2ccccc2)CC1)Nc1ccnn1Cc1cccc(Cl)c1. The third kappa shape index (κ3) is 5.96. The molecular weight excluding hydrogens is 426 g/mol. The van der Waals surface area contributed by atoms with Crippen LogP contribution in [0, 0.1) is 0 Å². The number of aromatic nitrogens is 2. The smallest absolute Gasteiger partial charge is 0.251 e. The van der Waals surface area contributed by atoms with E-state index in [0.29, 0.717) is 29.5 Å². The largest absolute Gasteiger partial charge is 0.349 e. The van der Waals surface area contributed by atoms with Gasteiger partial charge >= 0.3 is 0 Å². The van der Waals surface area contributed by atoms with Gasteiger partial charge in [0.25, 0.3) is 5.91 Å². The van der Waals surface area contributed by atoms with E-state index in [0.717, 1.165) is 31.5 Å². The number of amides is 2. The quantitative estimate of drug-likeness (QED) is 0.577. The summed E-state index contributed by atoms with van der Waals surface area (Å²) in [5.41, 5.74) is 1.68. The first kappa shape index (κ1) is 22.0. The topological polar surface area (TPSA) is 79.3 Å². The van der Waals surface area contributed by atoms with E-state index in [1.54, 1.807) is 16.9 Å². The summed E-state index contributed by atoms with van der Waals surface area (Å²) in [6, 6.07) is 18.7. The summed E-state index contributed by atoms with van der Waals surface area (Å²) in [6.45, 7) is 2.35. The van der Waals surface area contributed by atoms with Crippen molar-refractivity contribution in [1.82, 2.24) is 20.0 Å². The number of carbonyl (C=O) groups is 2. The molecule has 166 valence electrons. The van der Waals surface area contributed by atoms with Crippen LogP contribution in [0.15, 0.2) is 66.9 Å². The van der Waals surface area contributed by atoms with Gasteiger partial charge < -0.3 is 10.6 Å². The highest BCUT2D eigenvalue weighted by atomic mass is 35.5. The number of likely N-dealkylation sites (tertiary alicyclic amines) is 1. The second-order valence-electron chi connectivity index (χ2n) is 7.94. The van der Waals surface area contributed by atoms with E-state index in [-0.39, 0.29) is 17.9 Å². The second-order valence-corrected chi connectivity index (χ2v) is 8.38. The predicted molar refractivity (Wildman–Crippen MR) is 125 cm³/mol. The minimum absolute atomic E-state index is 0.0465. The maximum absolute atomic E-state index is 12.6. The summed E-state index contributed by atoms with van der Waals surface area (Å²) in [5.74, 6) is 0.527. The lowest BCUT2D eigenvalue weighted by Gasteiger charge is -2.31. The molecule has 8 heteroatoms. The van der Waals surface area contributed by atoms with Crippen molar-refractivity contribution < 1.29 is 9.59 Å². The van der Waals surface area contributed by atoms with E-state index in [2.05, 4.69) is 20.6 Å². The number of piperidine rings is 1. The minimum Gasteiger partial charge on any atom is -0.349 e. The van der Waals surface area contributed by atoms with E-state index < -0.39 is 0 Å². The number of rotatable bonds is 7. The molecule has 2 N–H and O–H groups in total. The molecule has 2 heterocycles. The van der Waals surface area contributed by atoms with Gasteiger partial charge in [-0.25, -0.2) is 4.68 Å². The lowest BCUT2D eigenvalue weighted by Crippen LogP contribution is -2.46. The zero-order valence-electron chi connectivity index (χ0n) is 17.7. The van der Waals surface area contributed by atoms with E-state index in [9.17, 15) is 9.59 Å². The third-order valence-electron chi connectivity index (χ3n) is 5.53. The predicted octanol–water partition coefficient (Wildman–Crippen LogP) is 3.42. The zero-order valence-corrected chi connectivity index (χ0v) is 18.5. The zero-order chi connectivity index (χ0) is 22.3. The van der Waals surface area contributed by atoms with Gasteiger partial charge in [0, 0.05) is 35.8 Å². The number of benzene rings is 2. The molecule has 0 atom stereocenters. The molecule has 3 aromatic rings. The number of hydrogen-bond donors (Lipinski definition) is 2. The van der Waals surface area contributed by atoms with Gasteiger partial charge in [-0.2, -0.15) is 5.10 Å². The molecule has 1 saturated heterocycles. The first-order valence-corrected chi connectivity index (χ1v) is 11.1. The Morgan fingerprint density at radius 3 is 2.56 bits per heavy atom. The van der Waals surface area contributed by atoms with Gasteiger partial charge in [-0.3, -0.25) is 14.5 Å². The maximum atomic E-state index is 12.6. The maximum Gasteiger partial charge on any atom is 0.251 e. The molecule has 0 radical (unpaired) electrons. The molecule has 4 rings (SSSR count). The number of carbonyl (C=O) groups excluding carboxylic acids is 2. The highest BCUT2D eigenvalue weighted by Gasteiger charge is 2.22. The van der Waals surface area contributed by atoms with Crippen molar-refractivity contribution in [1.29, 1.82) is 0 Å². The molecule has 32 heavy (non-hydrogen) atoms. The summed E-state index contributed by atoms with van der Waals surface area (Å²) in [7, 11) is 0. The Hall–Kier alpha value is -3.16. The highest BCUT2D eigenvalue weighted by molar-refractivity contribution is 6.30. The van der Waals surface area contributed by atoms with Gasteiger partial charge in [0.05, 0.1) is 19.3 Å². The third-order valence-corrected chi connectivity index (χ3v) is 5.77. The van der Waals surface area contributed by atoms with Crippen molar-refractivity contribution in [2.24, 2.45) is 0 Å². The summed E-state index contributed by atoms with van der Waals surface area (Å²) < 4.78 is 1.74. The standard InChI is InChI=1S/C24H26ClN5O2/c25-20-8-4-5-18(15-20)16-30-22(9-12-26-30)28-23(31)17-29-13-10-21(11-14-29)27-24(32)19-6-2-1-3-7-19/h1-9,12,15,21H,10-11,13-14,16-17H2,(H,27,32)(H,28,31). The molecule has 2 amide bonds. The van der Waals surface area contributed by atoms with Crippen LogP contribution >= 0.6 is 11.6 Å². The Labute approximate surface area is 192 Å². The van der Waals surface area contributed by atoms with E-state index in [4.69, 9.17) is 11.6 Å². The van der Waals surface area contributed by atoms with Crippen LogP contribution in [0.25, 0.3) is 0 Å². The second kappa shape index (κ2) is 10.4. The summed E-state index contributed by atoms with van der Waals surface area (Å²) in [6.07, 6.45) is 3.30. The van der Waals surface area contributed by atoms with Crippen LogP contribution in [0.4, 0.5) is 5.82 Å². The first-order valence-electron chi connectivity index (χ1n) is 10.7. The van der Waals surface area contributed by atoms with E-state index in [1.807, 2.05) is 54.6 Å². The van der Waals surface area contributed by atoms with Gasteiger partial charge in [-0.05, 0) is 42.7 Å². The van der Waals surface area contributed by atoms with Crippen molar-refractivity contribution in [3.8, 4) is 0 Å². The van der Waals surface area contributed by atoms with Gasteiger partial charge in [0.15, 0.2) is 0 Å². The number of nitrogens with zero attached hydrogens (tertiary/aromatic N) is 3.